The first-order valence-electron chi connectivity index (χ1n) is 22.0. The van der Waals surface area contributed by atoms with Crippen LogP contribution in [0.2, 0.25) is 0 Å². The average Bonchev–Trinajstić information content (AvgIpc) is 3.92. The molecule has 4 nitrogen and oxygen atoms in total. The molecule has 11 rings (SSSR count). The number of ether oxygens (including phenoxy) is 1. The molecule has 11 aromatic rings. The fourth-order valence-electron chi connectivity index (χ4n) is 9.41. The third-order valence-corrected chi connectivity index (χ3v) is 17.7. The van der Waals surface area contributed by atoms with Gasteiger partial charge in [-0.25, -0.2) is 0 Å². The second-order valence-electron chi connectivity index (χ2n) is 20.6. The van der Waals surface area contributed by atoms with E-state index in [4.69, 9.17) is 14.7 Å². The summed E-state index contributed by atoms with van der Waals surface area (Å²) in [5.74, 6) is 2.52. The minimum atomic E-state index is -0.110. The molecule has 0 saturated carbocycles. The summed E-state index contributed by atoms with van der Waals surface area (Å²) in [5.41, 5.74) is 8.39. The first-order valence-corrected chi connectivity index (χ1v) is 25.4. The van der Waals surface area contributed by atoms with Gasteiger partial charge in [-0.1, -0.05) is 0 Å². The molecule has 6 heteroatoms. The average molecular weight is 952 g/mol. The second-order valence-corrected chi connectivity index (χ2v) is 24.9. The maximum atomic E-state index is 7.02. The Bertz CT molecular complexity index is 3640. The standard InChI is InChI=1S/C57H51N3OSe2/c1-55(2,3)32-33-14-17-40-34(26-33)15-18-43-44-23-25-59-51(54(44)63-52(40)43)35-27-37(57(7,8)9)29-39(28-35)61-38-16-19-45-47(31-38)60(49-30-36(22-24-58-49)56(4,5)6)46-21-20-42-41-12-10-11-13-48(41)62-53(42)50(45)46/h10-31H,32H2,1-9H3. The third kappa shape index (κ3) is 7.04. The van der Waals surface area contributed by atoms with Crippen LogP contribution < -0.4 is 4.74 Å². The number of hydrogen-bond donors (Lipinski definition) is 0. The summed E-state index contributed by atoms with van der Waals surface area (Å²) in [6, 6.07) is 45.3. The van der Waals surface area contributed by atoms with Crippen LogP contribution in [0.15, 0.2) is 134 Å². The van der Waals surface area contributed by atoms with E-state index in [1.54, 1.807) is 0 Å². The van der Waals surface area contributed by atoms with Gasteiger partial charge in [-0.15, -0.1) is 0 Å². The normalized spacial score (nSPS) is 12.9. The summed E-state index contributed by atoms with van der Waals surface area (Å²) >= 11 is 0.291. The van der Waals surface area contributed by atoms with Crippen molar-refractivity contribution in [3.05, 3.63) is 150 Å². The van der Waals surface area contributed by atoms with Gasteiger partial charge in [-0.2, -0.15) is 0 Å². The monoisotopic (exact) mass is 953 g/mol. The molecule has 6 aromatic carbocycles. The third-order valence-electron chi connectivity index (χ3n) is 12.5. The quantitative estimate of drug-likeness (QED) is 0.161. The van der Waals surface area contributed by atoms with Crippen LogP contribution in [0.5, 0.6) is 11.5 Å². The van der Waals surface area contributed by atoms with E-state index < -0.39 is 0 Å². The summed E-state index contributed by atoms with van der Waals surface area (Å²) in [4.78, 5) is 10.2. The summed E-state index contributed by atoms with van der Waals surface area (Å²) in [6.45, 7) is 20.6. The number of hydrogen-bond acceptors (Lipinski definition) is 3. The van der Waals surface area contributed by atoms with Crippen molar-refractivity contribution in [3.63, 3.8) is 0 Å². The Morgan fingerprint density at radius 2 is 1.25 bits per heavy atom. The fraction of sp³-hybridized carbons (Fsp3) is 0.228. The summed E-state index contributed by atoms with van der Waals surface area (Å²) < 4.78 is 15.1. The molecule has 0 aliphatic rings. The van der Waals surface area contributed by atoms with Gasteiger partial charge in [0.1, 0.15) is 0 Å². The van der Waals surface area contributed by atoms with Crippen molar-refractivity contribution in [1.82, 2.24) is 14.5 Å². The van der Waals surface area contributed by atoms with E-state index in [1.165, 1.54) is 82.3 Å². The molecule has 0 N–H and O–H groups in total. The molecule has 5 heterocycles. The molecule has 63 heavy (non-hydrogen) atoms. The molecular weight excluding hydrogens is 901 g/mol. The topological polar surface area (TPSA) is 39.9 Å². The Hall–Kier alpha value is -5.48. The van der Waals surface area contributed by atoms with Crippen LogP contribution in [0.4, 0.5) is 0 Å². The van der Waals surface area contributed by atoms with Gasteiger partial charge in [0, 0.05) is 0 Å². The molecule has 0 unspecified atom stereocenters. The molecule has 0 aliphatic heterocycles. The summed E-state index contributed by atoms with van der Waals surface area (Å²) in [6.07, 6.45) is 5.01. The fourth-order valence-corrected chi connectivity index (χ4v) is 14.9. The number of pyridine rings is 2. The molecular formula is C57H51N3OSe2. The van der Waals surface area contributed by atoms with Crippen LogP contribution in [0.25, 0.3) is 88.2 Å². The Morgan fingerprint density at radius 1 is 0.524 bits per heavy atom. The van der Waals surface area contributed by atoms with E-state index in [0.29, 0.717) is 0 Å². The molecule has 312 valence electrons. The van der Waals surface area contributed by atoms with Gasteiger partial charge in [0.05, 0.1) is 0 Å². The van der Waals surface area contributed by atoms with Crippen molar-refractivity contribution in [3.8, 4) is 28.6 Å². The zero-order chi connectivity index (χ0) is 43.6. The molecule has 0 amide bonds. The first-order chi connectivity index (χ1) is 30.1. The van der Waals surface area contributed by atoms with E-state index in [2.05, 4.69) is 188 Å². The first kappa shape index (κ1) is 40.3. The van der Waals surface area contributed by atoms with Crippen LogP contribution in [-0.4, -0.2) is 43.5 Å². The van der Waals surface area contributed by atoms with E-state index in [-0.39, 0.29) is 45.3 Å². The number of fused-ring (bicyclic) bond motifs is 12. The van der Waals surface area contributed by atoms with Crippen molar-refractivity contribution in [1.29, 1.82) is 0 Å². The van der Waals surface area contributed by atoms with E-state index in [0.717, 1.165) is 40.5 Å². The van der Waals surface area contributed by atoms with Crippen molar-refractivity contribution >= 4 is 100 Å². The van der Waals surface area contributed by atoms with Crippen LogP contribution in [0, 0.1) is 5.41 Å². The zero-order valence-electron chi connectivity index (χ0n) is 37.5. The van der Waals surface area contributed by atoms with Gasteiger partial charge in [0.2, 0.25) is 0 Å². The number of benzene rings is 6. The summed E-state index contributed by atoms with van der Waals surface area (Å²) in [5, 5.41) is 10.6. The van der Waals surface area contributed by atoms with E-state index in [9.17, 15) is 0 Å². The Labute approximate surface area is 381 Å². The molecule has 5 aromatic heterocycles. The Morgan fingerprint density at radius 3 is 2.06 bits per heavy atom. The van der Waals surface area contributed by atoms with Crippen molar-refractivity contribution < 1.29 is 4.74 Å². The maximum absolute atomic E-state index is 7.02. The molecule has 0 bridgehead atoms. The predicted molar refractivity (Wildman–Crippen MR) is 270 cm³/mol. The zero-order valence-corrected chi connectivity index (χ0v) is 40.9. The Kier molecular flexibility index (Phi) is 9.29. The second kappa shape index (κ2) is 14.5. The van der Waals surface area contributed by atoms with Gasteiger partial charge in [0.25, 0.3) is 0 Å². The molecule has 0 fully saturated rings. The Balaban J connectivity index is 1.07. The van der Waals surface area contributed by atoms with E-state index >= 15 is 0 Å². The van der Waals surface area contributed by atoms with Gasteiger partial charge < -0.3 is 0 Å². The number of nitrogens with zero attached hydrogens (tertiary/aromatic N) is 3. The number of aromatic nitrogens is 3. The van der Waals surface area contributed by atoms with E-state index in [1.807, 2.05) is 12.4 Å². The van der Waals surface area contributed by atoms with Crippen LogP contribution in [0.1, 0.15) is 79.0 Å². The van der Waals surface area contributed by atoms with Gasteiger partial charge in [-0.05, 0) is 0 Å². The predicted octanol–water partition coefficient (Wildman–Crippen LogP) is 15.1. The number of rotatable bonds is 5. The molecule has 0 radical (unpaired) electrons. The molecule has 0 atom stereocenters. The van der Waals surface area contributed by atoms with Gasteiger partial charge in [0.15, 0.2) is 0 Å². The van der Waals surface area contributed by atoms with Crippen LogP contribution >= 0.6 is 0 Å². The van der Waals surface area contributed by atoms with Crippen molar-refractivity contribution in [2.45, 2.75) is 79.6 Å². The van der Waals surface area contributed by atoms with Crippen molar-refractivity contribution in [2.75, 3.05) is 0 Å². The SMILES string of the molecule is CC(C)(C)Cc1ccc2c(ccc3c4ccnc(-c5cc(Oc6ccc7c8c9[se]c%10ccccc%10c9ccc8n(-c8cc(C(C)(C)C)ccn8)c7c6)cc(C(C)(C)C)c5)c4[se]c23)c1. The van der Waals surface area contributed by atoms with Gasteiger partial charge in [-0.3, -0.25) is 0 Å². The minimum absolute atomic E-state index is 0.0199. The molecule has 0 saturated heterocycles. The molecule has 0 aliphatic carbocycles. The molecule has 0 spiro atoms. The van der Waals surface area contributed by atoms with Gasteiger partial charge >= 0.3 is 383 Å². The van der Waals surface area contributed by atoms with Crippen LogP contribution in [0.3, 0.4) is 0 Å². The van der Waals surface area contributed by atoms with Crippen LogP contribution in [-0.2, 0) is 17.3 Å². The van der Waals surface area contributed by atoms with Crippen molar-refractivity contribution in [2.24, 2.45) is 5.41 Å². The summed E-state index contributed by atoms with van der Waals surface area (Å²) in [7, 11) is 0.